The van der Waals surface area contributed by atoms with Crippen molar-refractivity contribution >= 4 is 51.5 Å². The van der Waals surface area contributed by atoms with E-state index in [4.69, 9.17) is 21.1 Å². The molecule has 2 N–H and O–H groups in total. The second kappa shape index (κ2) is 13.6. The molecule has 1 aliphatic rings. The zero-order valence-corrected chi connectivity index (χ0v) is 29.1. The Labute approximate surface area is 298 Å². The summed E-state index contributed by atoms with van der Waals surface area (Å²) in [5.41, 5.74) is 4.79. The third-order valence-electron chi connectivity index (χ3n) is 8.88. The van der Waals surface area contributed by atoms with E-state index >= 15 is 0 Å². The first-order chi connectivity index (χ1) is 24.4. The largest absolute Gasteiger partial charge is 0.478 e. The Hall–Kier alpha value is -5.68. The Kier molecular flexibility index (Phi) is 8.99. The summed E-state index contributed by atoms with van der Waals surface area (Å²) in [6.07, 6.45) is 2.26. The first-order valence-electron chi connectivity index (χ1n) is 16.7. The number of hydrogen-bond donors (Lipinski definition) is 2. The molecule has 0 fully saturated rings. The Morgan fingerprint density at radius 2 is 1.78 bits per heavy atom. The van der Waals surface area contributed by atoms with Gasteiger partial charge in [0.2, 0.25) is 6.10 Å². The minimum absolute atomic E-state index is 0.0465. The van der Waals surface area contributed by atoms with Crippen molar-refractivity contribution in [1.82, 2.24) is 24.9 Å². The summed E-state index contributed by atoms with van der Waals surface area (Å²) >= 11 is 6.60. The molecule has 11 nitrogen and oxygen atoms in total. The molecular formula is C39H36ClN5O6. The van der Waals surface area contributed by atoms with Gasteiger partial charge in [0.15, 0.2) is 0 Å². The van der Waals surface area contributed by atoms with Gasteiger partial charge in [0.25, 0.3) is 5.91 Å². The van der Waals surface area contributed by atoms with Gasteiger partial charge < -0.3 is 19.9 Å². The molecule has 2 unspecified atom stereocenters. The fourth-order valence-electron chi connectivity index (χ4n) is 6.54. The van der Waals surface area contributed by atoms with E-state index in [9.17, 15) is 19.5 Å². The maximum atomic E-state index is 13.3. The van der Waals surface area contributed by atoms with E-state index < -0.39 is 23.8 Å². The van der Waals surface area contributed by atoms with Gasteiger partial charge in [0, 0.05) is 27.7 Å². The fraction of sp³-hybridized carbons (Fsp3) is 0.256. The molecule has 12 heteroatoms. The molecule has 7 rings (SSSR count). The van der Waals surface area contributed by atoms with E-state index in [2.05, 4.69) is 27.8 Å². The van der Waals surface area contributed by atoms with E-state index in [1.807, 2.05) is 12.1 Å². The number of nitrogens with one attached hydrogen (secondary N) is 1. The first-order valence-corrected chi connectivity index (χ1v) is 17.1. The number of aromatic nitrogens is 4. The van der Waals surface area contributed by atoms with Crippen LogP contribution in [0.25, 0.3) is 21.9 Å². The normalized spacial score (nSPS) is 14.9. The Balaban J connectivity index is 1.11. The molecule has 0 bridgehead atoms. The lowest BCUT2D eigenvalue weighted by molar-refractivity contribution is -0.145. The number of rotatable bonds is 8. The monoisotopic (exact) mass is 705 g/mol. The van der Waals surface area contributed by atoms with Crippen LogP contribution in [0, 0.1) is 0 Å². The van der Waals surface area contributed by atoms with E-state index in [1.165, 1.54) is 16.3 Å². The van der Waals surface area contributed by atoms with Crippen molar-refractivity contribution in [2.24, 2.45) is 0 Å². The molecule has 2 heterocycles. The van der Waals surface area contributed by atoms with Gasteiger partial charge in [-0.2, -0.15) is 0 Å². The molecule has 1 aliphatic carbocycles. The zero-order chi connectivity index (χ0) is 35.9. The number of aliphatic carboxylic acids is 1. The van der Waals surface area contributed by atoms with Crippen LogP contribution in [0.3, 0.4) is 0 Å². The number of para-hydroxylation sites is 1. The van der Waals surface area contributed by atoms with Gasteiger partial charge in [-0.15, -0.1) is 5.10 Å². The van der Waals surface area contributed by atoms with Crippen molar-refractivity contribution in [3.05, 3.63) is 124 Å². The number of ether oxygens (including phenoxy) is 2. The summed E-state index contributed by atoms with van der Waals surface area (Å²) in [5.74, 6) is -1.17. The summed E-state index contributed by atoms with van der Waals surface area (Å²) in [6.45, 7) is 5.48. The molecule has 51 heavy (non-hydrogen) atoms. The summed E-state index contributed by atoms with van der Waals surface area (Å²) in [5, 5.41) is 23.1. The van der Waals surface area contributed by atoms with Gasteiger partial charge in [-0.25, -0.2) is 14.3 Å². The highest BCUT2D eigenvalue weighted by Crippen LogP contribution is 2.33. The maximum Gasteiger partial charge on any atom is 0.419 e. The maximum absolute atomic E-state index is 13.3. The molecular weight excluding hydrogens is 670 g/mol. The van der Waals surface area contributed by atoms with Crippen LogP contribution in [0.2, 0.25) is 5.02 Å². The lowest BCUT2D eigenvalue weighted by atomic mass is 9.87. The zero-order valence-electron chi connectivity index (χ0n) is 28.3. The Bertz CT molecular complexity index is 2310. The summed E-state index contributed by atoms with van der Waals surface area (Å²) in [4.78, 5) is 39.0. The van der Waals surface area contributed by atoms with Crippen molar-refractivity contribution < 1.29 is 29.0 Å². The molecule has 4 aromatic carbocycles. The number of carboxylic acids is 1. The van der Waals surface area contributed by atoms with Crippen LogP contribution in [0.5, 0.6) is 5.75 Å². The van der Waals surface area contributed by atoms with Gasteiger partial charge in [-0.1, -0.05) is 59.3 Å². The second-order valence-electron chi connectivity index (χ2n) is 13.6. The second-order valence-corrected chi connectivity index (χ2v) is 14.0. The van der Waals surface area contributed by atoms with Crippen LogP contribution >= 0.6 is 11.6 Å². The van der Waals surface area contributed by atoms with E-state index in [0.29, 0.717) is 38.1 Å². The van der Waals surface area contributed by atoms with Gasteiger partial charge in [0.1, 0.15) is 16.9 Å². The van der Waals surface area contributed by atoms with Crippen LogP contribution in [0.4, 0.5) is 4.79 Å². The van der Waals surface area contributed by atoms with Gasteiger partial charge >= 0.3 is 12.1 Å². The predicted octanol–water partition coefficient (Wildman–Crippen LogP) is 7.88. The third-order valence-corrected chi connectivity index (χ3v) is 9.25. The summed E-state index contributed by atoms with van der Waals surface area (Å²) in [7, 11) is 0. The standard InChI is InChI=1S/C39H36ClN5O6/c1-39(2,3)51-38(49)44-22-29(28-12-6-7-14-33(28)44)35(37(47)48)50-26-16-17-30(40)25(19-26)21-45-34-18-15-24(20-32(34)42-43-45)36(46)41-31-13-8-10-23-9-4-5-11-27(23)31/h4-7,9,11-12,14-20,22,31,35H,8,10,13,21H2,1-3H3,(H,41,46)(H,47,48). The number of carboxylic acid groups (broad SMARTS) is 1. The van der Waals surface area contributed by atoms with E-state index in [1.54, 1.807) is 86.1 Å². The topological polar surface area (TPSA) is 138 Å². The van der Waals surface area contributed by atoms with Gasteiger partial charge in [0.05, 0.1) is 23.6 Å². The van der Waals surface area contributed by atoms with Crippen molar-refractivity contribution in [2.75, 3.05) is 0 Å². The molecule has 0 saturated heterocycles. The van der Waals surface area contributed by atoms with Crippen LogP contribution in [0.1, 0.15) is 78.4 Å². The number of nitrogens with zero attached hydrogens (tertiary/aromatic N) is 4. The average molecular weight is 706 g/mol. The minimum atomic E-state index is -1.45. The Morgan fingerprint density at radius 1 is 1.00 bits per heavy atom. The number of halogens is 1. The van der Waals surface area contributed by atoms with Crippen molar-refractivity contribution in [3.63, 3.8) is 0 Å². The van der Waals surface area contributed by atoms with Gasteiger partial charge in [-0.05, 0) is 99.2 Å². The highest BCUT2D eigenvalue weighted by Gasteiger charge is 2.29. The van der Waals surface area contributed by atoms with Crippen molar-refractivity contribution in [1.29, 1.82) is 0 Å². The number of benzene rings is 4. The van der Waals surface area contributed by atoms with E-state index in [0.717, 1.165) is 24.8 Å². The molecule has 260 valence electrons. The number of fused-ring (bicyclic) bond motifs is 3. The highest BCUT2D eigenvalue weighted by atomic mass is 35.5. The number of aryl methyl sites for hydroxylation is 1. The lowest BCUT2D eigenvalue weighted by Crippen LogP contribution is -2.30. The SMILES string of the molecule is CC(C)(C)OC(=O)n1cc(C(Oc2ccc(Cl)c(Cn3nnc4cc(C(=O)NC5CCCc6ccccc65)ccc43)c2)C(=O)O)c2ccccc21. The van der Waals surface area contributed by atoms with E-state index in [-0.39, 0.29) is 29.8 Å². The van der Waals surface area contributed by atoms with Gasteiger partial charge in [-0.3, -0.25) is 9.36 Å². The minimum Gasteiger partial charge on any atom is -0.478 e. The van der Waals surface area contributed by atoms with Crippen molar-refractivity contribution in [2.45, 2.75) is 64.3 Å². The smallest absolute Gasteiger partial charge is 0.419 e. The summed E-state index contributed by atoms with van der Waals surface area (Å²) in [6, 6.07) is 25.3. The summed E-state index contributed by atoms with van der Waals surface area (Å²) < 4.78 is 14.6. The van der Waals surface area contributed by atoms with Crippen LogP contribution in [0.15, 0.2) is 91.1 Å². The number of carbonyl (C=O) groups excluding carboxylic acids is 2. The van der Waals surface area contributed by atoms with Crippen LogP contribution in [-0.4, -0.2) is 48.2 Å². The molecule has 1 amide bonds. The number of amides is 1. The fourth-order valence-corrected chi connectivity index (χ4v) is 6.72. The van der Waals surface area contributed by atoms with Crippen molar-refractivity contribution in [3.8, 4) is 5.75 Å². The molecule has 0 spiro atoms. The number of carbonyl (C=O) groups is 3. The first kappa shape index (κ1) is 33.8. The third kappa shape index (κ3) is 7.02. The molecule has 6 aromatic rings. The molecule has 0 radical (unpaired) electrons. The number of hydrogen-bond acceptors (Lipinski definition) is 7. The molecule has 2 atom stereocenters. The predicted molar refractivity (Wildman–Crippen MR) is 192 cm³/mol. The van der Waals surface area contributed by atoms with Crippen LogP contribution in [-0.2, 0) is 22.5 Å². The lowest BCUT2D eigenvalue weighted by Gasteiger charge is -2.26. The Morgan fingerprint density at radius 3 is 2.59 bits per heavy atom. The highest BCUT2D eigenvalue weighted by molar-refractivity contribution is 6.31. The molecule has 0 aliphatic heterocycles. The quantitative estimate of drug-likeness (QED) is 0.163. The molecule has 0 saturated carbocycles. The molecule has 2 aromatic heterocycles. The average Bonchev–Trinajstić information content (AvgIpc) is 3.69. The van der Waals surface area contributed by atoms with Crippen LogP contribution < -0.4 is 10.1 Å².